The highest BCUT2D eigenvalue weighted by Gasteiger charge is 2.21. The summed E-state index contributed by atoms with van der Waals surface area (Å²) >= 11 is 0. The Kier molecular flexibility index (Phi) is 28.2. The number of hydrogen-bond donors (Lipinski definition) is 1. The van der Waals surface area contributed by atoms with Crippen molar-refractivity contribution in [2.24, 2.45) is 5.92 Å². The van der Waals surface area contributed by atoms with Crippen molar-refractivity contribution in [2.45, 2.75) is 174 Å². The molecule has 0 radical (unpaired) electrons. The number of rotatable bonds is 29. The fourth-order valence-electron chi connectivity index (χ4n) is 4.84. The van der Waals surface area contributed by atoms with Crippen LogP contribution in [0.15, 0.2) is 12.2 Å². The van der Waals surface area contributed by atoms with Gasteiger partial charge in [0.2, 0.25) is 0 Å². The van der Waals surface area contributed by atoms with Crippen molar-refractivity contribution >= 4 is 11.9 Å². The summed E-state index contributed by atoms with van der Waals surface area (Å²) in [5.74, 6) is -1.90. The maximum absolute atomic E-state index is 11.7. The number of carbonyl (C=O) groups is 2. The SMILES string of the molecule is CCCCCCCCCCCCCCCCCCCC/C=C/CCCCC(CC(=O)OCCC)C(=O)O. The van der Waals surface area contributed by atoms with Crippen molar-refractivity contribution in [2.75, 3.05) is 6.61 Å². The van der Waals surface area contributed by atoms with E-state index >= 15 is 0 Å². The van der Waals surface area contributed by atoms with Crippen LogP contribution in [0.3, 0.4) is 0 Å². The number of ether oxygens (including phenoxy) is 1. The molecule has 0 rings (SSSR count). The summed E-state index contributed by atoms with van der Waals surface area (Å²) in [5, 5.41) is 9.31. The maximum Gasteiger partial charge on any atom is 0.307 e. The van der Waals surface area contributed by atoms with Crippen LogP contribution in [0.1, 0.15) is 174 Å². The van der Waals surface area contributed by atoms with Crippen LogP contribution in [0.2, 0.25) is 0 Å². The Hall–Kier alpha value is -1.32. The van der Waals surface area contributed by atoms with E-state index in [0.717, 1.165) is 32.1 Å². The van der Waals surface area contributed by atoms with Crippen LogP contribution in [-0.2, 0) is 14.3 Å². The molecule has 4 nitrogen and oxygen atoms in total. The lowest BCUT2D eigenvalue weighted by Crippen LogP contribution is -2.19. The van der Waals surface area contributed by atoms with Gasteiger partial charge in [0.15, 0.2) is 0 Å². The van der Waals surface area contributed by atoms with Gasteiger partial charge < -0.3 is 9.84 Å². The van der Waals surface area contributed by atoms with Crippen molar-refractivity contribution in [3.63, 3.8) is 0 Å². The molecule has 0 heterocycles. The van der Waals surface area contributed by atoms with Crippen LogP contribution >= 0.6 is 0 Å². The van der Waals surface area contributed by atoms with Gasteiger partial charge in [-0.3, -0.25) is 9.59 Å². The summed E-state index contributed by atoms with van der Waals surface area (Å²) in [7, 11) is 0. The van der Waals surface area contributed by atoms with Gasteiger partial charge in [-0.25, -0.2) is 0 Å². The fourth-order valence-corrected chi connectivity index (χ4v) is 4.84. The first-order valence-corrected chi connectivity index (χ1v) is 16.1. The zero-order chi connectivity index (χ0) is 27.2. The predicted octanol–water partition coefficient (Wildman–Crippen LogP) is 10.6. The third kappa shape index (κ3) is 27.5. The molecule has 218 valence electrons. The van der Waals surface area contributed by atoms with E-state index in [1.807, 2.05) is 6.92 Å². The molecule has 1 N–H and O–H groups in total. The van der Waals surface area contributed by atoms with Crippen LogP contribution in [0.4, 0.5) is 0 Å². The molecule has 0 fully saturated rings. The van der Waals surface area contributed by atoms with Gasteiger partial charge in [-0.15, -0.1) is 0 Å². The highest BCUT2D eigenvalue weighted by molar-refractivity contribution is 5.78. The molecule has 0 aromatic carbocycles. The number of esters is 1. The van der Waals surface area contributed by atoms with Gasteiger partial charge in [0, 0.05) is 0 Å². The number of aliphatic carboxylic acids is 1. The molecule has 0 saturated heterocycles. The molecule has 0 saturated carbocycles. The first kappa shape index (κ1) is 35.7. The van der Waals surface area contributed by atoms with Gasteiger partial charge in [0.05, 0.1) is 18.9 Å². The van der Waals surface area contributed by atoms with E-state index in [2.05, 4.69) is 19.1 Å². The Balaban J connectivity index is 3.36. The molecule has 0 spiro atoms. The van der Waals surface area contributed by atoms with E-state index in [1.54, 1.807) is 0 Å². The van der Waals surface area contributed by atoms with Crippen LogP contribution < -0.4 is 0 Å². The number of allylic oxidation sites excluding steroid dienone is 2. The Morgan fingerprint density at radius 2 is 1.00 bits per heavy atom. The first-order chi connectivity index (χ1) is 18.1. The van der Waals surface area contributed by atoms with Gasteiger partial charge >= 0.3 is 11.9 Å². The number of carbonyl (C=O) groups excluding carboxylic acids is 1. The van der Waals surface area contributed by atoms with Crippen LogP contribution in [0, 0.1) is 5.92 Å². The van der Waals surface area contributed by atoms with E-state index in [1.165, 1.54) is 116 Å². The molecule has 37 heavy (non-hydrogen) atoms. The zero-order valence-electron chi connectivity index (χ0n) is 24.8. The van der Waals surface area contributed by atoms with E-state index in [9.17, 15) is 14.7 Å². The molecule has 0 aromatic rings. The molecular weight excluding hydrogens is 460 g/mol. The lowest BCUT2D eigenvalue weighted by Gasteiger charge is -2.11. The minimum atomic E-state index is -0.891. The number of carboxylic acids is 1. The molecule has 1 atom stereocenters. The normalized spacial score (nSPS) is 12.3. The van der Waals surface area contributed by atoms with E-state index in [-0.39, 0.29) is 6.42 Å². The number of unbranched alkanes of at least 4 members (excludes halogenated alkanes) is 20. The smallest absolute Gasteiger partial charge is 0.307 e. The number of hydrogen-bond acceptors (Lipinski definition) is 3. The van der Waals surface area contributed by atoms with Gasteiger partial charge in [0.1, 0.15) is 0 Å². The molecule has 0 aliphatic carbocycles. The molecule has 0 aromatic heterocycles. The first-order valence-electron chi connectivity index (χ1n) is 16.1. The van der Waals surface area contributed by atoms with Crippen molar-refractivity contribution in [3.8, 4) is 0 Å². The molecular formula is C33H62O4. The molecule has 0 aliphatic heterocycles. The minimum Gasteiger partial charge on any atom is -0.481 e. The van der Waals surface area contributed by atoms with Crippen molar-refractivity contribution in [1.29, 1.82) is 0 Å². The minimum absolute atomic E-state index is 0.00940. The molecule has 4 heteroatoms. The van der Waals surface area contributed by atoms with Gasteiger partial charge in [0.25, 0.3) is 0 Å². The zero-order valence-corrected chi connectivity index (χ0v) is 24.8. The second-order valence-corrected chi connectivity index (χ2v) is 11.0. The average Bonchev–Trinajstić information content (AvgIpc) is 2.89. The standard InChI is InChI=1S/C33H62O4/c1-3-5-6-7-8-9-10-11-12-13-14-15-16-17-18-19-20-21-22-23-24-25-26-27-28-31(33(35)36)30-32(34)37-29-4-2/h23-24,31H,3-22,25-30H2,1-2H3,(H,35,36)/b24-23+. The monoisotopic (exact) mass is 522 g/mol. The summed E-state index contributed by atoms with van der Waals surface area (Å²) < 4.78 is 5.02. The van der Waals surface area contributed by atoms with Crippen LogP contribution in [0.25, 0.3) is 0 Å². The van der Waals surface area contributed by atoms with Crippen LogP contribution in [0.5, 0.6) is 0 Å². The van der Waals surface area contributed by atoms with Gasteiger partial charge in [-0.05, 0) is 38.5 Å². The summed E-state index contributed by atoms with van der Waals surface area (Å²) in [4.78, 5) is 23.0. The Morgan fingerprint density at radius 1 is 0.595 bits per heavy atom. The van der Waals surface area contributed by atoms with Crippen molar-refractivity contribution < 1.29 is 19.4 Å². The highest BCUT2D eigenvalue weighted by Crippen LogP contribution is 2.17. The molecule has 0 aliphatic rings. The predicted molar refractivity (Wildman–Crippen MR) is 158 cm³/mol. The lowest BCUT2D eigenvalue weighted by molar-refractivity contribution is -0.151. The van der Waals surface area contributed by atoms with E-state index in [0.29, 0.717) is 13.0 Å². The summed E-state index contributed by atoms with van der Waals surface area (Å²) in [6.45, 7) is 4.58. The maximum atomic E-state index is 11.7. The molecule has 1 unspecified atom stereocenters. The van der Waals surface area contributed by atoms with Gasteiger partial charge in [-0.1, -0.05) is 142 Å². The third-order valence-corrected chi connectivity index (χ3v) is 7.29. The summed E-state index contributed by atoms with van der Waals surface area (Å²) in [6, 6.07) is 0. The quantitative estimate of drug-likeness (QED) is 0.0602. The third-order valence-electron chi connectivity index (χ3n) is 7.29. The lowest BCUT2D eigenvalue weighted by atomic mass is 9.98. The van der Waals surface area contributed by atoms with Crippen molar-refractivity contribution in [3.05, 3.63) is 12.2 Å². The Morgan fingerprint density at radius 3 is 1.41 bits per heavy atom. The van der Waals surface area contributed by atoms with E-state index < -0.39 is 17.9 Å². The molecule has 0 bridgehead atoms. The fraction of sp³-hybridized carbons (Fsp3) is 0.879. The van der Waals surface area contributed by atoms with Crippen LogP contribution in [-0.4, -0.2) is 23.7 Å². The average molecular weight is 523 g/mol. The topological polar surface area (TPSA) is 63.6 Å². The Bertz CT molecular complexity index is 528. The second-order valence-electron chi connectivity index (χ2n) is 11.0. The van der Waals surface area contributed by atoms with E-state index in [4.69, 9.17) is 4.74 Å². The molecule has 0 amide bonds. The van der Waals surface area contributed by atoms with Crippen molar-refractivity contribution in [1.82, 2.24) is 0 Å². The second kappa shape index (κ2) is 29.2. The highest BCUT2D eigenvalue weighted by atomic mass is 16.5. The largest absolute Gasteiger partial charge is 0.481 e. The number of carboxylic acid groups (broad SMARTS) is 1. The van der Waals surface area contributed by atoms with Gasteiger partial charge in [-0.2, -0.15) is 0 Å². The summed E-state index contributed by atoms with van der Waals surface area (Å²) in [5.41, 5.74) is 0. The Labute approximate surface area is 230 Å². The summed E-state index contributed by atoms with van der Waals surface area (Å²) in [6.07, 6.45) is 35.2.